The van der Waals surface area contributed by atoms with Gasteiger partial charge < -0.3 is 30.2 Å². The van der Waals surface area contributed by atoms with Gasteiger partial charge in [0.2, 0.25) is 0 Å². The molecule has 0 saturated carbocycles. The fraction of sp³-hybridized carbons (Fsp3) is 0.348. The number of methoxy groups -OCH3 is 1. The maximum Gasteiger partial charge on any atom is 0.296 e. The van der Waals surface area contributed by atoms with Gasteiger partial charge in [-0.2, -0.15) is 4.98 Å². The van der Waals surface area contributed by atoms with Crippen LogP contribution in [0.25, 0.3) is 11.2 Å². The molecule has 0 aliphatic heterocycles. The van der Waals surface area contributed by atoms with Gasteiger partial charge >= 0.3 is 0 Å². The average Bonchev–Trinajstić information content (AvgIpc) is 3.44. The molecule has 0 radical (unpaired) electrons. The van der Waals surface area contributed by atoms with Gasteiger partial charge in [0, 0.05) is 39.1 Å². The van der Waals surface area contributed by atoms with Crippen molar-refractivity contribution in [2.24, 2.45) is 0 Å². The van der Waals surface area contributed by atoms with Crippen molar-refractivity contribution in [3.05, 3.63) is 65.7 Å². The number of imidazole rings is 1. The smallest absolute Gasteiger partial charge is 0.296 e. The van der Waals surface area contributed by atoms with Gasteiger partial charge in [0.25, 0.3) is 6.01 Å². The standard InChI is InChI=1S/C23H29N7O3/c1-32-12-13-33-16-19-26-21(24)20-22(27-19)30(23(31)28-20)15-18-6-4-17(5-7-18)14-25-8-11-29-9-2-3-10-29/h2-7,9-10,25H,8,11-16H2,1H3,(H,28,31)(H2,24,26,27). The van der Waals surface area contributed by atoms with Gasteiger partial charge in [-0.25, -0.2) is 9.97 Å². The molecule has 4 rings (SSSR count). The first-order chi connectivity index (χ1) is 16.1. The van der Waals surface area contributed by atoms with Crippen LogP contribution in [-0.4, -0.2) is 56.1 Å². The van der Waals surface area contributed by atoms with Gasteiger partial charge in [-0.05, 0) is 23.3 Å². The summed E-state index contributed by atoms with van der Waals surface area (Å²) in [5.74, 6) is 0.638. The fourth-order valence-corrected chi connectivity index (χ4v) is 3.48. The minimum atomic E-state index is -0.154. The van der Waals surface area contributed by atoms with Crippen LogP contribution in [0.2, 0.25) is 0 Å². The molecule has 174 valence electrons. The summed E-state index contributed by atoms with van der Waals surface area (Å²) in [6.07, 6.45) is 4.11. The lowest BCUT2D eigenvalue weighted by atomic mass is 10.1. The molecule has 4 aromatic rings. The van der Waals surface area contributed by atoms with E-state index in [0.717, 1.165) is 25.2 Å². The summed E-state index contributed by atoms with van der Waals surface area (Å²) >= 11 is 0. The van der Waals surface area contributed by atoms with Gasteiger partial charge in [0.15, 0.2) is 22.8 Å². The summed E-state index contributed by atoms with van der Waals surface area (Å²) in [7, 11) is 1.61. The van der Waals surface area contributed by atoms with Crippen molar-refractivity contribution >= 4 is 17.0 Å². The number of aromatic nitrogens is 5. The Morgan fingerprint density at radius 3 is 2.55 bits per heavy atom. The summed E-state index contributed by atoms with van der Waals surface area (Å²) < 4.78 is 14.2. The highest BCUT2D eigenvalue weighted by Crippen LogP contribution is 2.24. The van der Waals surface area contributed by atoms with Crippen molar-refractivity contribution in [2.75, 3.05) is 32.6 Å². The van der Waals surface area contributed by atoms with Crippen LogP contribution in [0.1, 0.15) is 17.0 Å². The van der Waals surface area contributed by atoms with Crippen molar-refractivity contribution < 1.29 is 14.6 Å². The normalized spacial score (nSPS) is 11.4. The third kappa shape index (κ3) is 5.86. The monoisotopic (exact) mass is 451 g/mol. The molecule has 4 N–H and O–H groups in total. The lowest BCUT2D eigenvalue weighted by Gasteiger charge is -2.09. The molecule has 3 aromatic heterocycles. The first kappa shape index (κ1) is 22.7. The fourth-order valence-electron chi connectivity index (χ4n) is 3.48. The van der Waals surface area contributed by atoms with Crippen LogP contribution in [-0.2, 0) is 35.7 Å². The second-order valence-corrected chi connectivity index (χ2v) is 7.65. The number of nitrogen functional groups attached to an aromatic ring is 1. The van der Waals surface area contributed by atoms with Crippen LogP contribution in [0.4, 0.5) is 5.82 Å². The van der Waals surface area contributed by atoms with E-state index < -0.39 is 0 Å². The van der Waals surface area contributed by atoms with Gasteiger partial charge in [-0.15, -0.1) is 0 Å². The predicted octanol–water partition coefficient (Wildman–Crippen LogP) is 1.92. The number of rotatable bonds is 12. The Bertz CT molecular complexity index is 1160. The van der Waals surface area contributed by atoms with Crippen LogP contribution < -0.4 is 11.1 Å². The predicted molar refractivity (Wildman–Crippen MR) is 125 cm³/mol. The summed E-state index contributed by atoms with van der Waals surface area (Å²) in [4.78, 5) is 12.9. The highest BCUT2D eigenvalue weighted by Gasteiger charge is 2.16. The highest BCUT2D eigenvalue weighted by atomic mass is 16.5. The Morgan fingerprint density at radius 2 is 1.79 bits per heavy atom. The highest BCUT2D eigenvalue weighted by molar-refractivity contribution is 5.82. The van der Waals surface area contributed by atoms with E-state index in [1.54, 1.807) is 11.7 Å². The van der Waals surface area contributed by atoms with Crippen molar-refractivity contribution in [1.82, 2.24) is 29.4 Å². The number of ether oxygens (including phenoxy) is 2. The molecule has 10 heteroatoms. The molecular formula is C23H29N7O3. The molecule has 10 nitrogen and oxygen atoms in total. The lowest BCUT2D eigenvalue weighted by molar-refractivity contribution is 0.0587. The third-order valence-corrected chi connectivity index (χ3v) is 5.22. The topological polar surface area (TPSA) is 125 Å². The van der Waals surface area contributed by atoms with E-state index in [2.05, 4.69) is 49.4 Å². The van der Waals surface area contributed by atoms with E-state index in [0.29, 0.717) is 36.7 Å². The molecule has 3 heterocycles. The number of nitrogens with zero attached hydrogens (tertiary/aromatic N) is 5. The first-order valence-electron chi connectivity index (χ1n) is 10.8. The van der Waals surface area contributed by atoms with Crippen molar-refractivity contribution in [3.63, 3.8) is 0 Å². The Kier molecular flexibility index (Phi) is 7.51. The summed E-state index contributed by atoms with van der Waals surface area (Å²) in [6.45, 7) is 4.12. The molecular weight excluding hydrogens is 422 g/mol. The minimum absolute atomic E-state index is 0.154. The molecule has 0 atom stereocenters. The molecule has 0 amide bonds. The van der Waals surface area contributed by atoms with Crippen LogP contribution >= 0.6 is 0 Å². The number of hydrogen-bond acceptors (Lipinski definition) is 8. The van der Waals surface area contributed by atoms with E-state index in [1.807, 2.05) is 24.3 Å². The maximum absolute atomic E-state index is 10.4. The molecule has 0 unspecified atom stereocenters. The molecule has 0 bridgehead atoms. The maximum atomic E-state index is 10.4. The Morgan fingerprint density at radius 1 is 1.03 bits per heavy atom. The number of benzene rings is 1. The number of hydrogen-bond donors (Lipinski definition) is 3. The Balaban J connectivity index is 1.40. The van der Waals surface area contributed by atoms with E-state index in [4.69, 9.17) is 15.2 Å². The van der Waals surface area contributed by atoms with E-state index in [1.165, 1.54) is 5.56 Å². The minimum Gasteiger partial charge on any atom is -0.480 e. The SMILES string of the molecule is COCCOCc1nc(N)c2nc(O)n(Cc3ccc(CNCCn4cccc4)cc3)c2n1. The number of fused-ring (bicyclic) bond motifs is 1. The first-order valence-corrected chi connectivity index (χ1v) is 10.8. The van der Waals surface area contributed by atoms with E-state index in [9.17, 15) is 5.11 Å². The third-order valence-electron chi connectivity index (χ3n) is 5.22. The zero-order chi connectivity index (χ0) is 23.0. The van der Waals surface area contributed by atoms with Gasteiger partial charge in [0.05, 0.1) is 19.8 Å². The van der Waals surface area contributed by atoms with Crippen molar-refractivity contribution in [2.45, 2.75) is 26.2 Å². The Hall–Kier alpha value is -3.47. The molecule has 33 heavy (non-hydrogen) atoms. The molecule has 0 saturated heterocycles. The second-order valence-electron chi connectivity index (χ2n) is 7.65. The average molecular weight is 452 g/mol. The summed E-state index contributed by atoms with van der Waals surface area (Å²) in [5.41, 5.74) is 9.09. The quantitative estimate of drug-likeness (QED) is 0.279. The van der Waals surface area contributed by atoms with Crippen LogP contribution in [0, 0.1) is 0 Å². The number of anilines is 1. The zero-order valence-electron chi connectivity index (χ0n) is 18.6. The lowest BCUT2D eigenvalue weighted by Crippen LogP contribution is -2.18. The summed E-state index contributed by atoms with van der Waals surface area (Å²) in [6, 6.07) is 12.1. The zero-order valence-corrected chi connectivity index (χ0v) is 18.6. The van der Waals surface area contributed by atoms with Crippen LogP contribution in [0.15, 0.2) is 48.8 Å². The molecule has 1 aromatic carbocycles. The van der Waals surface area contributed by atoms with Crippen LogP contribution in [0.3, 0.4) is 0 Å². The van der Waals surface area contributed by atoms with Gasteiger partial charge in [0.1, 0.15) is 6.61 Å². The van der Waals surface area contributed by atoms with Gasteiger partial charge in [-0.1, -0.05) is 24.3 Å². The number of nitrogens with two attached hydrogens (primary N) is 1. The van der Waals surface area contributed by atoms with E-state index >= 15 is 0 Å². The number of nitrogens with one attached hydrogen (secondary N) is 1. The Labute approximate surface area is 192 Å². The number of aromatic hydroxyl groups is 1. The molecule has 0 spiro atoms. The summed E-state index contributed by atoms with van der Waals surface area (Å²) in [5, 5.41) is 13.9. The van der Waals surface area contributed by atoms with E-state index in [-0.39, 0.29) is 18.4 Å². The van der Waals surface area contributed by atoms with Gasteiger partial charge in [-0.3, -0.25) is 4.57 Å². The van der Waals surface area contributed by atoms with Crippen molar-refractivity contribution in [1.29, 1.82) is 0 Å². The molecule has 0 aliphatic carbocycles. The largest absolute Gasteiger partial charge is 0.480 e. The molecule has 0 aliphatic rings. The van der Waals surface area contributed by atoms with Crippen molar-refractivity contribution in [3.8, 4) is 6.01 Å². The molecule has 0 fully saturated rings. The van der Waals surface area contributed by atoms with Crippen LogP contribution in [0.5, 0.6) is 6.01 Å². The second kappa shape index (κ2) is 10.9.